The fourth-order valence-corrected chi connectivity index (χ4v) is 1.45. The van der Waals surface area contributed by atoms with E-state index in [2.05, 4.69) is 5.32 Å². The number of carbonyl (C=O) groups excluding carboxylic acids is 1. The second kappa shape index (κ2) is 5.41. The van der Waals surface area contributed by atoms with E-state index in [1.807, 2.05) is 0 Å². The largest absolute Gasteiger partial charge is 0.389 e. The van der Waals surface area contributed by atoms with E-state index in [4.69, 9.17) is 22.7 Å². The van der Waals surface area contributed by atoms with Gasteiger partial charge in [0.05, 0.1) is 11.3 Å². The molecule has 1 aromatic rings. The topological polar surface area (TPSA) is 64.3 Å². The number of anilines is 1. The SMILES string of the molecule is COC(C)(C)C(=O)Nc1cccc(F)c1C(N)=S. The fourth-order valence-electron chi connectivity index (χ4n) is 1.24. The third kappa shape index (κ3) is 3.02. The maximum absolute atomic E-state index is 13.6. The van der Waals surface area contributed by atoms with Gasteiger partial charge in [-0.3, -0.25) is 4.79 Å². The number of benzene rings is 1. The highest BCUT2D eigenvalue weighted by Gasteiger charge is 2.28. The molecule has 6 heteroatoms. The molecular formula is C12H15FN2O2S. The second-order valence-electron chi connectivity index (χ2n) is 4.20. The molecule has 0 saturated carbocycles. The lowest BCUT2D eigenvalue weighted by Crippen LogP contribution is -2.39. The first-order valence-corrected chi connectivity index (χ1v) is 5.65. The highest BCUT2D eigenvalue weighted by Crippen LogP contribution is 2.21. The Kier molecular flexibility index (Phi) is 4.37. The van der Waals surface area contributed by atoms with Crippen molar-refractivity contribution in [3.05, 3.63) is 29.6 Å². The summed E-state index contributed by atoms with van der Waals surface area (Å²) < 4.78 is 18.6. The van der Waals surface area contributed by atoms with Gasteiger partial charge < -0.3 is 15.8 Å². The Hall–Kier alpha value is -1.53. The highest BCUT2D eigenvalue weighted by atomic mass is 32.1. The number of hydrogen-bond donors (Lipinski definition) is 2. The Morgan fingerprint density at radius 2 is 2.11 bits per heavy atom. The lowest BCUT2D eigenvalue weighted by atomic mass is 10.1. The Labute approximate surface area is 110 Å². The number of methoxy groups -OCH3 is 1. The molecule has 0 aliphatic heterocycles. The monoisotopic (exact) mass is 270 g/mol. The van der Waals surface area contributed by atoms with Crippen LogP contribution in [0.15, 0.2) is 18.2 Å². The summed E-state index contributed by atoms with van der Waals surface area (Å²) in [6.07, 6.45) is 0. The maximum Gasteiger partial charge on any atom is 0.256 e. The standard InChI is InChI=1S/C12H15FN2O2S/c1-12(2,17-3)11(16)15-8-6-4-5-7(13)9(8)10(14)18/h4-6H,1-3H3,(H2,14,18)(H,15,16). The Morgan fingerprint density at radius 1 is 1.50 bits per heavy atom. The second-order valence-corrected chi connectivity index (χ2v) is 4.64. The summed E-state index contributed by atoms with van der Waals surface area (Å²) in [6, 6.07) is 4.22. The number of nitrogens with one attached hydrogen (secondary N) is 1. The van der Waals surface area contributed by atoms with Crippen molar-refractivity contribution in [3.63, 3.8) is 0 Å². The molecule has 0 fully saturated rings. The van der Waals surface area contributed by atoms with Crippen LogP contribution in [0.25, 0.3) is 0 Å². The highest BCUT2D eigenvalue weighted by molar-refractivity contribution is 7.80. The predicted octanol–water partition coefficient (Wildman–Crippen LogP) is 1.82. The first kappa shape index (κ1) is 14.5. The quantitative estimate of drug-likeness (QED) is 0.819. The third-order valence-electron chi connectivity index (χ3n) is 2.57. The van der Waals surface area contributed by atoms with Gasteiger partial charge in [0.15, 0.2) is 0 Å². The van der Waals surface area contributed by atoms with Crippen LogP contribution in [-0.4, -0.2) is 23.6 Å². The minimum atomic E-state index is -1.03. The third-order valence-corrected chi connectivity index (χ3v) is 2.77. The van der Waals surface area contributed by atoms with E-state index in [1.165, 1.54) is 25.3 Å². The molecule has 0 heterocycles. The van der Waals surface area contributed by atoms with Crippen molar-refractivity contribution in [2.75, 3.05) is 12.4 Å². The Balaban J connectivity index is 3.09. The van der Waals surface area contributed by atoms with Crippen LogP contribution in [0.5, 0.6) is 0 Å². The van der Waals surface area contributed by atoms with E-state index in [9.17, 15) is 9.18 Å². The molecule has 1 rings (SSSR count). The number of nitrogens with two attached hydrogens (primary N) is 1. The van der Waals surface area contributed by atoms with E-state index in [1.54, 1.807) is 13.8 Å². The van der Waals surface area contributed by atoms with Crippen LogP contribution in [0.1, 0.15) is 19.4 Å². The summed E-state index contributed by atoms with van der Waals surface area (Å²) in [5, 5.41) is 2.55. The van der Waals surface area contributed by atoms with Crippen LogP contribution in [0.3, 0.4) is 0 Å². The lowest BCUT2D eigenvalue weighted by Gasteiger charge is -2.22. The molecule has 4 nitrogen and oxygen atoms in total. The lowest BCUT2D eigenvalue weighted by molar-refractivity contribution is -0.133. The van der Waals surface area contributed by atoms with Gasteiger partial charge in [0.2, 0.25) is 0 Å². The average molecular weight is 270 g/mol. The number of ether oxygens (including phenoxy) is 1. The molecule has 18 heavy (non-hydrogen) atoms. The van der Waals surface area contributed by atoms with Crippen LogP contribution in [-0.2, 0) is 9.53 Å². The minimum absolute atomic E-state index is 0.0211. The zero-order valence-electron chi connectivity index (χ0n) is 10.4. The molecule has 3 N–H and O–H groups in total. The molecule has 0 spiro atoms. The van der Waals surface area contributed by atoms with Gasteiger partial charge >= 0.3 is 0 Å². The molecule has 0 aliphatic carbocycles. The van der Waals surface area contributed by atoms with Crippen molar-refractivity contribution < 1.29 is 13.9 Å². The molecule has 0 saturated heterocycles. The smallest absolute Gasteiger partial charge is 0.256 e. The van der Waals surface area contributed by atoms with Crippen LogP contribution < -0.4 is 11.1 Å². The molecule has 98 valence electrons. The van der Waals surface area contributed by atoms with Crippen molar-refractivity contribution in [2.24, 2.45) is 5.73 Å². The first-order valence-electron chi connectivity index (χ1n) is 5.24. The summed E-state index contributed by atoms with van der Waals surface area (Å²) in [5.74, 6) is -0.983. The average Bonchev–Trinajstić information content (AvgIpc) is 2.28. The zero-order chi connectivity index (χ0) is 13.9. The van der Waals surface area contributed by atoms with E-state index in [-0.39, 0.29) is 16.2 Å². The summed E-state index contributed by atoms with van der Waals surface area (Å²) >= 11 is 4.77. The van der Waals surface area contributed by atoms with E-state index < -0.39 is 17.3 Å². The van der Waals surface area contributed by atoms with Gasteiger partial charge in [-0.15, -0.1) is 0 Å². The molecule has 1 aromatic carbocycles. The number of carbonyl (C=O) groups is 1. The van der Waals surface area contributed by atoms with Crippen molar-refractivity contribution >= 4 is 28.8 Å². The zero-order valence-corrected chi connectivity index (χ0v) is 11.2. The van der Waals surface area contributed by atoms with Crippen molar-refractivity contribution in [2.45, 2.75) is 19.4 Å². The number of hydrogen-bond acceptors (Lipinski definition) is 3. The van der Waals surface area contributed by atoms with Crippen molar-refractivity contribution in [1.29, 1.82) is 0 Å². The molecular weight excluding hydrogens is 255 g/mol. The summed E-state index contributed by atoms with van der Waals surface area (Å²) in [7, 11) is 1.42. The molecule has 0 unspecified atom stereocenters. The minimum Gasteiger partial charge on any atom is -0.389 e. The van der Waals surface area contributed by atoms with Crippen molar-refractivity contribution in [3.8, 4) is 0 Å². The van der Waals surface area contributed by atoms with Crippen LogP contribution in [0.4, 0.5) is 10.1 Å². The number of thiocarbonyl (C=S) groups is 1. The van der Waals surface area contributed by atoms with E-state index in [0.717, 1.165) is 0 Å². The Bertz CT molecular complexity index is 489. The summed E-state index contributed by atoms with van der Waals surface area (Å²) in [6.45, 7) is 3.20. The molecule has 0 bridgehead atoms. The van der Waals surface area contributed by atoms with Gasteiger partial charge in [0.1, 0.15) is 16.4 Å². The molecule has 0 aliphatic rings. The number of amides is 1. The van der Waals surface area contributed by atoms with Crippen LogP contribution in [0.2, 0.25) is 0 Å². The van der Waals surface area contributed by atoms with Gasteiger partial charge in [-0.2, -0.15) is 0 Å². The first-order chi connectivity index (χ1) is 8.29. The van der Waals surface area contributed by atoms with E-state index >= 15 is 0 Å². The van der Waals surface area contributed by atoms with Crippen LogP contribution in [0, 0.1) is 5.82 Å². The maximum atomic E-state index is 13.6. The predicted molar refractivity (Wildman–Crippen MR) is 72.0 cm³/mol. The van der Waals surface area contributed by atoms with Gasteiger partial charge in [-0.1, -0.05) is 18.3 Å². The van der Waals surface area contributed by atoms with Gasteiger partial charge in [-0.25, -0.2) is 4.39 Å². The number of rotatable bonds is 4. The van der Waals surface area contributed by atoms with Gasteiger partial charge in [0, 0.05) is 7.11 Å². The molecule has 0 atom stereocenters. The molecule has 0 radical (unpaired) electrons. The normalized spacial score (nSPS) is 11.1. The van der Waals surface area contributed by atoms with E-state index in [0.29, 0.717) is 0 Å². The number of halogens is 1. The summed E-state index contributed by atoms with van der Waals surface area (Å²) in [4.78, 5) is 11.8. The molecule has 1 amide bonds. The Morgan fingerprint density at radius 3 is 2.61 bits per heavy atom. The summed E-state index contributed by atoms with van der Waals surface area (Å²) in [5.41, 5.74) is 4.67. The van der Waals surface area contributed by atoms with Crippen LogP contribution >= 0.6 is 12.2 Å². The fraction of sp³-hybridized carbons (Fsp3) is 0.333. The van der Waals surface area contributed by atoms with Gasteiger partial charge in [0.25, 0.3) is 5.91 Å². The van der Waals surface area contributed by atoms with Crippen molar-refractivity contribution in [1.82, 2.24) is 0 Å². The van der Waals surface area contributed by atoms with Gasteiger partial charge in [-0.05, 0) is 26.0 Å². The molecule has 0 aromatic heterocycles.